The van der Waals surface area contributed by atoms with Crippen molar-refractivity contribution in [1.29, 1.82) is 0 Å². The number of benzene rings is 2. The van der Waals surface area contributed by atoms with Crippen molar-refractivity contribution in [2.24, 2.45) is 0 Å². The molecule has 0 saturated heterocycles. The molecule has 2 N–H and O–H groups in total. The maximum atomic E-state index is 12.2. The Morgan fingerprint density at radius 1 is 1.23 bits per heavy atom. The summed E-state index contributed by atoms with van der Waals surface area (Å²) in [6, 6.07) is 8.38. The molecule has 2 aromatic carbocycles. The van der Waals surface area contributed by atoms with Crippen molar-refractivity contribution >= 4 is 50.3 Å². The zero-order chi connectivity index (χ0) is 22.5. The summed E-state index contributed by atoms with van der Waals surface area (Å²) in [5.74, 6) is -0.152. The van der Waals surface area contributed by atoms with Gasteiger partial charge >= 0.3 is 0 Å². The molecule has 0 saturated carbocycles. The molecule has 0 aromatic heterocycles. The molecule has 0 fully saturated rings. The van der Waals surface area contributed by atoms with Crippen LogP contribution in [0, 0.1) is 10.1 Å². The van der Waals surface area contributed by atoms with Gasteiger partial charge < -0.3 is 15.4 Å². The van der Waals surface area contributed by atoms with Gasteiger partial charge in [-0.25, -0.2) is 8.42 Å². The summed E-state index contributed by atoms with van der Waals surface area (Å²) in [5.41, 5.74) is -0.242. The Labute approximate surface area is 183 Å². The highest BCUT2D eigenvalue weighted by molar-refractivity contribution is 7.90. The van der Waals surface area contributed by atoms with Gasteiger partial charge in [-0.2, -0.15) is 0 Å². The second kappa shape index (κ2) is 9.96. The van der Waals surface area contributed by atoms with Crippen LogP contribution in [0.2, 0.25) is 10.0 Å². The first-order valence-corrected chi connectivity index (χ1v) is 11.3. The van der Waals surface area contributed by atoms with Gasteiger partial charge in [0, 0.05) is 25.4 Å². The molecule has 1 atom stereocenters. The number of rotatable bonds is 9. The Balaban J connectivity index is 1.92. The molecule has 30 heavy (non-hydrogen) atoms. The van der Waals surface area contributed by atoms with Crippen molar-refractivity contribution in [3.63, 3.8) is 0 Å². The number of nitrogens with one attached hydrogen (secondary N) is 2. The third-order valence-corrected chi connectivity index (χ3v) is 5.83. The third-order valence-electron chi connectivity index (χ3n) is 3.92. The van der Waals surface area contributed by atoms with Crippen molar-refractivity contribution in [2.45, 2.75) is 17.9 Å². The summed E-state index contributed by atoms with van der Waals surface area (Å²) < 4.78 is 28.6. The molecule has 12 heteroatoms. The first-order chi connectivity index (χ1) is 14.0. The summed E-state index contributed by atoms with van der Waals surface area (Å²) >= 11 is 11.9. The van der Waals surface area contributed by atoms with E-state index in [0.717, 1.165) is 12.3 Å². The number of ether oxygens (including phenoxy) is 1. The summed E-state index contributed by atoms with van der Waals surface area (Å²) in [6.07, 6.45) is 0.110. The molecule has 0 unspecified atom stereocenters. The fourth-order valence-corrected chi connectivity index (χ4v) is 3.37. The van der Waals surface area contributed by atoms with Crippen LogP contribution in [0.15, 0.2) is 41.3 Å². The summed E-state index contributed by atoms with van der Waals surface area (Å²) in [7, 11) is -3.57. The van der Waals surface area contributed by atoms with Crippen LogP contribution < -0.4 is 15.4 Å². The second-order valence-corrected chi connectivity index (χ2v) is 9.04. The molecule has 0 aliphatic heterocycles. The lowest BCUT2D eigenvalue weighted by Crippen LogP contribution is -2.38. The molecule has 2 rings (SSSR count). The number of nitrogens with zero attached hydrogens (tertiary/aromatic N) is 1. The molecule has 0 heterocycles. The molecule has 0 radical (unpaired) electrons. The molecule has 0 bridgehead atoms. The lowest BCUT2D eigenvalue weighted by Gasteiger charge is -2.16. The largest absolute Gasteiger partial charge is 0.479 e. The van der Waals surface area contributed by atoms with Crippen molar-refractivity contribution in [2.75, 3.05) is 24.7 Å². The van der Waals surface area contributed by atoms with E-state index in [4.69, 9.17) is 27.9 Å². The molecule has 162 valence electrons. The molecule has 0 aliphatic carbocycles. The SMILES string of the molecule is C[C@H](Oc1cccc(Cl)c1Cl)C(=O)NCCNc1ccc(S(C)(=O)=O)cc1[N+](=O)[O-]. The average molecular weight is 476 g/mol. The number of nitro benzene ring substituents is 1. The van der Waals surface area contributed by atoms with Crippen molar-refractivity contribution in [3.8, 4) is 5.75 Å². The number of carbonyl (C=O) groups is 1. The van der Waals surface area contributed by atoms with E-state index in [2.05, 4.69) is 10.6 Å². The maximum absolute atomic E-state index is 12.2. The molecule has 0 spiro atoms. The zero-order valence-corrected chi connectivity index (χ0v) is 18.3. The number of hydrogen-bond donors (Lipinski definition) is 2. The van der Waals surface area contributed by atoms with E-state index in [1.807, 2.05) is 0 Å². The first kappa shape index (κ1) is 23.7. The number of halogens is 2. The van der Waals surface area contributed by atoms with Crippen LogP contribution in [0.5, 0.6) is 5.75 Å². The van der Waals surface area contributed by atoms with Gasteiger partial charge in [0.2, 0.25) is 0 Å². The van der Waals surface area contributed by atoms with E-state index < -0.39 is 26.8 Å². The van der Waals surface area contributed by atoms with Crippen LogP contribution in [-0.4, -0.2) is 44.7 Å². The van der Waals surface area contributed by atoms with Crippen molar-refractivity contribution in [1.82, 2.24) is 5.32 Å². The minimum atomic E-state index is -3.57. The van der Waals surface area contributed by atoms with Gasteiger partial charge in [-0.1, -0.05) is 29.3 Å². The maximum Gasteiger partial charge on any atom is 0.293 e. The van der Waals surface area contributed by atoms with Gasteiger partial charge in [0.1, 0.15) is 16.5 Å². The first-order valence-electron chi connectivity index (χ1n) is 8.61. The standard InChI is InChI=1S/C18H19Cl2N3O6S/c1-11(29-16-5-3-4-13(19)17(16)20)18(24)22-9-8-21-14-7-6-12(30(2,27)28)10-15(14)23(25)26/h3-7,10-11,21H,8-9H2,1-2H3,(H,22,24)/t11-/m0/s1. The normalized spacial score (nSPS) is 12.1. The highest BCUT2D eigenvalue weighted by atomic mass is 35.5. The Bertz CT molecular complexity index is 1060. The molecule has 1 amide bonds. The fourth-order valence-electron chi connectivity index (χ4n) is 2.39. The van der Waals surface area contributed by atoms with Crippen LogP contribution in [0.1, 0.15) is 6.92 Å². The quantitative estimate of drug-likeness (QED) is 0.323. The zero-order valence-electron chi connectivity index (χ0n) is 16.0. The highest BCUT2D eigenvalue weighted by Crippen LogP contribution is 2.32. The Morgan fingerprint density at radius 3 is 2.57 bits per heavy atom. The van der Waals surface area contributed by atoms with E-state index >= 15 is 0 Å². The monoisotopic (exact) mass is 475 g/mol. The summed E-state index contributed by atoms with van der Waals surface area (Å²) in [4.78, 5) is 22.6. The number of hydrogen-bond acceptors (Lipinski definition) is 7. The topological polar surface area (TPSA) is 128 Å². The lowest BCUT2D eigenvalue weighted by molar-refractivity contribution is -0.384. The van der Waals surface area contributed by atoms with Gasteiger partial charge in [-0.3, -0.25) is 14.9 Å². The van der Waals surface area contributed by atoms with E-state index in [0.29, 0.717) is 5.02 Å². The van der Waals surface area contributed by atoms with Crippen LogP contribution in [0.4, 0.5) is 11.4 Å². The minimum absolute atomic E-state index is 0.136. The van der Waals surface area contributed by atoms with E-state index in [-0.39, 0.29) is 40.1 Å². The highest BCUT2D eigenvalue weighted by Gasteiger charge is 2.19. The predicted molar refractivity (Wildman–Crippen MR) is 114 cm³/mol. The Kier molecular flexibility index (Phi) is 7.88. The van der Waals surface area contributed by atoms with Crippen LogP contribution in [0.3, 0.4) is 0 Å². The molecular weight excluding hydrogens is 457 g/mol. The number of carbonyl (C=O) groups excluding carboxylic acids is 1. The molecule has 2 aromatic rings. The van der Waals surface area contributed by atoms with Gasteiger partial charge in [0.05, 0.1) is 14.8 Å². The minimum Gasteiger partial charge on any atom is -0.479 e. The van der Waals surface area contributed by atoms with Crippen LogP contribution in [0.25, 0.3) is 0 Å². The Hall–Kier alpha value is -2.56. The van der Waals surface area contributed by atoms with Crippen molar-refractivity contribution in [3.05, 3.63) is 56.6 Å². The van der Waals surface area contributed by atoms with Gasteiger partial charge in [-0.15, -0.1) is 0 Å². The Morgan fingerprint density at radius 2 is 1.93 bits per heavy atom. The predicted octanol–water partition coefficient (Wildman–Crippen LogP) is 3.30. The average Bonchev–Trinajstić information content (AvgIpc) is 2.67. The fraction of sp³-hybridized carbons (Fsp3) is 0.278. The van der Waals surface area contributed by atoms with Crippen LogP contribution in [-0.2, 0) is 14.6 Å². The van der Waals surface area contributed by atoms with E-state index in [9.17, 15) is 23.3 Å². The smallest absolute Gasteiger partial charge is 0.293 e. The van der Waals surface area contributed by atoms with E-state index in [1.54, 1.807) is 18.2 Å². The third kappa shape index (κ3) is 6.22. The number of anilines is 1. The molecule has 0 aliphatic rings. The lowest BCUT2D eigenvalue weighted by atomic mass is 10.2. The van der Waals surface area contributed by atoms with Crippen LogP contribution >= 0.6 is 23.2 Å². The van der Waals surface area contributed by atoms with E-state index in [1.165, 1.54) is 19.1 Å². The van der Waals surface area contributed by atoms with Gasteiger partial charge in [0.15, 0.2) is 15.9 Å². The number of nitro groups is 1. The number of amides is 1. The second-order valence-electron chi connectivity index (χ2n) is 6.24. The van der Waals surface area contributed by atoms with Crippen molar-refractivity contribution < 1.29 is 22.9 Å². The van der Waals surface area contributed by atoms with Gasteiger partial charge in [0.25, 0.3) is 11.6 Å². The summed E-state index contributed by atoms with van der Waals surface area (Å²) in [6.45, 7) is 1.84. The van der Waals surface area contributed by atoms with Gasteiger partial charge in [-0.05, 0) is 31.2 Å². The summed E-state index contributed by atoms with van der Waals surface area (Å²) in [5, 5.41) is 17.1. The number of sulfone groups is 1. The molecule has 9 nitrogen and oxygen atoms in total. The molecular formula is C18H19Cl2N3O6S.